The molecule has 0 saturated carbocycles. The lowest BCUT2D eigenvalue weighted by Crippen LogP contribution is -2.34. The van der Waals surface area contributed by atoms with E-state index >= 15 is 0 Å². The van der Waals surface area contributed by atoms with Crippen molar-refractivity contribution in [3.05, 3.63) is 118 Å². The molecule has 0 N–H and O–H groups in total. The minimum atomic E-state index is -0.262. The lowest BCUT2D eigenvalue weighted by Gasteiger charge is -2.35. The standard InChI is InChI=1S/C54H65N3O2/c1-14-18-37(19-15-2)54(13)31-58-51(56-54)36-25-35(48-40(32(3)4)20-16-21-41(48)33(5)6)26-39(27-36)59-47-30-46-42(24-34(47)7)43-28-38(52(8,9)10)29-45-49(43)57(46)50-44(53(45,11)12)22-17-23-55-50/h16-17,20-30,32-33,37H,14-15,18-19,31H2,1-13H3/t54-/m0/s1. The number of rotatable bonds is 11. The van der Waals surface area contributed by atoms with E-state index in [2.05, 4.69) is 167 Å². The van der Waals surface area contributed by atoms with Crippen molar-refractivity contribution in [2.75, 3.05) is 6.61 Å². The van der Waals surface area contributed by atoms with Crippen LogP contribution in [0.2, 0.25) is 0 Å². The van der Waals surface area contributed by atoms with Crippen LogP contribution in [0.1, 0.15) is 160 Å². The molecule has 0 fully saturated rings. The van der Waals surface area contributed by atoms with Crippen molar-refractivity contribution in [2.24, 2.45) is 10.9 Å². The van der Waals surface area contributed by atoms with E-state index in [0.29, 0.717) is 30.3 Å². The molecule has 0 spiro atoms. The summed E-state index contributed by atoms with van der Waals surface area (Å²) in [6.45, 7) is 30.4. The molecule has 1 atom stereocenters. The second-order valence-corrected chi connectivity index (χ2v) is 19.9. The van der Waals surface area contributed by atoms with Crippen molar-refractivity contribution < 1.29 is 9.47 Å². The van der Waals surface area contributed by atoms with Gasteiger partial charge in [-0.3, -0.25) is 4.57 Å². The van der Waals surface area contributed by atoms with Crippen molar-refractivity contribution in [1.82, 2.24) is 9.55 Å². The Kier molecular flexibility index (Phi) is 10.4. The van der Waals surface area contributed by atoms with Crippen LogP contribution >= 0.6 is 0 Å². The number of ether oxygens (including phenoxy) is 2. The second kappa shape index (κ2) is 15.0. The molecule has 2 aliphatic heterocycles. The van der Waals surface area contributed by atoms with Crippen molar-refractivity contribution in [2.45, 2.75) is 144 Å². The Bertz CT molecular complexity index is 2580. The highest BCUT2D eigenvalue weighted by Crippen LogP contribution is 2.50. The topological polar surface area (TPSA) is 48.6 Å². The molecule has 0 amide bonds. The van der Waals surface area contributed by atoms with E-state index in [1.807, 2.05) is 6.20 Å². The summed E-state index contributed by atoms with van der Waals surface area (Å²) < 4.78 is 16.2. The molecule has 59 heavy (non-hydrogen) atoms. The highest BCUT2D eigenvalue weighted by Gasteiger charge is 2.40. The highest BCUT2D eigenvalue weighted by molar-refractivity contribution is 6.12. The Morgan fingerprint density at radius 2 is 1.47 bits per heavy atom. The third-order valence-corrected chi connectivity index (χ3v) is 13.4. The van der Waals surface area contributed by atoms with Crippen molar-refractivity contribution in [3.8, 4) is 28.4 Å². The first-order valence-electron chi connectivity index (χ1n) is 22.3. The minimum absolute atomic E-state index is 0.00741. The van der Waals surface area contributed by atoms with Gasteiger partial charge in [0.25, 0.3) is 0 Å². The first-order chi connectivity index (χ1) is 28.0. The molecule has 2 aliphatic rings. The van der Waals surface area contributed by atoms with Crippen molar-refractivity contribution >= 4 is 27.7 Å². The first-order valence-corrected chi connectivity index (χ1v) is 22.3. The van der Waals surface area contributed by atoms with Crippen LogP contribution in [-0.2, 0) is 15.6 Å². The summed E-state index contributed by atoms with van der Waals surface area (Å²) in [5, 5.41) is 2.48. The summed E-state index contributed by atoms with van der Waals surface area (Å²) in [4.78, 5) is 10.5. The fourth-order valence-corrected chi connectivity index (χ4v) is 9.99. The lowest BCUT2D eigenvalue weighted by molar-refractivity contribution is 0.188. The van der Waals surface area contributed by atoms with Gasteiger partial charge in [0.1, 0.15) is 23.9 Å². The zero-order chi connectivity index (χ0) is 42.2. The fraction of sp³-hybridized carbons (Fsp3) is 0.444. The maximum absolute atomic E-state index is 7.16. The smallest absolute Gasteiger partial charge is 0.216 e. The molecule has 5 nitrogen and oxygen atoms in total. The third-order valence-electron chi connectivity index (χ3n) is 13.4. The SMILES string of the molecule is CCCC(CCC)[C@]1(C)COC(c2cc(Oc3cc4c(cc3C)c3cc(C(C)(C)C)cc5c3n4-c3ncccc3C5(C)C)cc(-c3c(C(C)C)cccc3C(C)C)c2)=N1. The first kappa shape index (κ1) is 40.9. The van der Waals surface area contributed by atoms with E-state index in [1.54, 1.807) is 0 Å². The van der Waals surface area contributed by atoms with Gasteiger partial charge in [-0.1, -0.05) is 119 Å². The average Bonchev–Trinajstić information content (AvgIpc) is 3.74. The van der Waals surface area contributed by atoms with Gasteiger partial charge in [0.05, 0.1) is 16.6 Å². The molecule has 0 aliphatic carbocycles. The normalized spacial score (nSPS) is 17.3. The zero-order valence-corrected chi connectivity index (χ0v) is 37.9. The van der Waals surface area contributed by atoms with Gasteiger partial charge < -0.3 is 9.47 Å². The molecule has 2 aromatic heterocycles. The molecule has 8 rings (SSSR count). The quantitative estimate of drug-likeness (QED) is 0.131. The predicted molar refractivity (Wildman–Crippen MR) is 248 cm³/mol. The number of aryl methyl sites for hydroxylation is 1. The summed E-state index contributed by atoms with van der Waals surface area (Å²) >= 11 is 0. The van der Waals surface area contributed by atoms with Crippen LogP contribution in [-0.4, -0.2) is 27.6 Å². The Balaban J connectivity index is 1.34. The van der Waals surface area contributed by atoms with Crippen LogP contribution in [0.4, 0.5) is 0 Å². The van der Waals surface area contributed by atoms with Crippen LogP contribution in [0.25, 0.3) is 38.8 Å². The lowest BCUT2D eigenvalue weighted by atomic mass is 9.73. The van der Waals surface area contributed by atoms with Crippen molar-refractivity contribution in [1.29, 1.82) is 0 Å². The molecule has 4 aromatic carbocycles. The van der Waals surface area contributed by atoms with E-state index in [4.69, 9.17) is 19.5 Å². The zero-order valence-electron chi connectivity index (χ0n) is 37.9. The predicted octanol–water partition coefficient (Wildman–Crippen LogP) is 14.9. The van der Waals surface area contributed by atoms with Crippen LogP contribution in [0.5, 0.6) is 11.5 Å². The molecular weight excluding hydrogens is 723 g/mol. The van der Waals surface area contributed by atoms with Gasteiger partial charge in [0.2, 0.25) is 5.90 Å². The van der Waals surface area contributed by atoms with Gasteiger partial charge in [-0.15, -0.1) is 0 Å². The summed E-state index contributed by atoms with van der Waals surface area (Å²) in [5.41, 5.74) is 12.9. The molecule has 0 unspecified atom stereocenters. The monoisotopic (exact) mass is 788 g/mol. The fourth-order valence-electron chi connectivity index (χ4n) is 9.99. The number of nitrogens with zero attached hydrogens (tertiary/aromatic N) is 3. The summed E-state index contributed by atoms with van der Waals surface area (Å²) in [6, 6.07) is 27.2. The van der Waals surface area contributed by atoms with Gasteiger partial charge in [0.15, 0.2) is 0 Å². The Hall–Kier alpha value is -4.90. The molecule has 6 aromatic rings. The molecule has 0 bridgehead atoms. The third kappa shape index (κ3) is 6.96. The van der Waals surface area contributed by atoms with Gasteiger partial charge in [-0.2, -0.15) is 0 Å². The molecule has 308 valence electrons. The molecule has 0 saturated heterocycles. The molecular formula is C54H65N3O2. The summed E-state index contributed by atoms with van der Waals surface area (Å²) in [7, 11) is 0. The summed E-state index contributed by atoms with van der Waals surface area (Å²) in [5.74, 6) is 4.47. The number of hydrogen-bond acceptors (Lipinski definition) is 4. The largest absolute Gasteiger partial charge is 0.475 e. The second-order valence-electron chi connectivity index (χ2n) is 19.9. The van der Waals surface area contributed by atoms with E-state index in [9.17, 15) is 0 Å². The van der Waals surface area contributed by atoms with Gasteiger partial charge in [0, 0.05) is 39.6 Å². The van der Waals surface area contributed by atoms with E-state index in [0.717, 1.165) is 65.2 Å². The summed E-state index contributed by atoms with van der Waals surface area (Å²) in [6.07, 6.45) is 6.50. The molecule has 0 radical (unpaired) electrons. The number of pyridine rings is 1. The van der Waals surface area contributed by atoms with Crippen LogP contribution < -0.4 is 4.74 Å². The maximum Gasteiger partial charge on any atom is 0.216 e. The molecule has 5 heteroatoms. The van der Waals surface area contributed by atoms with Gasteiger partial charge in [-0.05, 0) is 125 Å². The van der Waals surface area contributed by atoms with Crippen LogP contribution in [0.15, 0.2) is 84.0 Å². The Labute approximate surface area is 353 Å². The molecule has 4 heterocycles. The van der Waals surface area contributed by atoms with E-state index < -0.39 is 0 Å². The van der Waals surface area contributed by atoms with Gasteiger partial charge in [-0.25, -0.2) is 9.98 Å². The number of fused-ring (bicyclic) bond motifs is 5. The number of aromatic nitrogens is 2. The Morgan fingerprint density at radius 1 is 0.797 bits per heavy atom. The minimum Gasteiger partial charge on any atom is -0.475 e. The number of benzene rings is 4. The van der Waals surface area contributed by atoms with Crippen LogP contribution in [0, 0.1) is 12.8 Å². The van der Waals surface area contributed by atoms with Gasteiger partial charge >= 0.3 is 0 Å². The van der Waals surface area contributed by atoms with Crippen LogP contribution in [0.3, 0.4) is 0 Å². The average molecular weight is 788 g/mol. The Morgan fingerprint density at radius 3 is 2.12 bits per heavy atom. The maximum atomic E-state index is 7.16. The van der Waals surface area contributed by atoms with Crippen molar-refractivity contribution in [3.63, 3.8) is 0 Å². The highest BCUT2D eigenvalue weighted by atomic mass is 16.5. The van der Waals surface area contributed by atoms with E-state index in [1.165, 1.54) is 49.7 Å². The number of aliphatic imine (C=N–C) groups is 1. The van der Waals surface area contributed by atoms with E-state index in [-0.39, 0.29) is 16.4 Å². The number of hydrogen-bond donors (Lipinski definition) is 0.